The van der Waals surface area contributed by atoms with E-state index in [1.165, 1.54) is 19.1 Å². The SMILES string of the molecule is Cc1ccc(F)c(C(C)C(NS(=O)(=O)c2ccc(Cl)c(C(O)C(F)(F)F)n2)c2n[nH]c(=O)o2)c1C. The molecule has 0 spiro atoms. The molecule has 0 saturated heterocycles. The molecule has 190 valence electrons. The Balaban J connectivity index is 2.09. The van der Waals surface area contributed by atoms with Crippen molar-refractivity contribution in [3.8, 4) is 0 Å². The van der Waals surface area contributed by atoms with Crippen LogP contribution in [-0.2, 0) is 10.0 Å². The molecule has 0 saturated carbocycles. The Morgan fingerprint density at radius 2 is 1.86 bits per heavy atom. The predicted octanol–water partition coefficient (Wildman–Crippen LogP) is 3.59. The molecule has 1 aromatic carbocycles. The van der Waals surface area contributed by atoms with Crippen LogP contribution in [0.4, 0.5) is 17.6 Å². The Kier molecular flexibility index (Phi) is 7.41. The van der Waals surface area contributed by atoms with E-state index >= 15 is 0 Å². The van der Waals surface area contributed by atoms with Crippen molar-refractivity contribution in [2.45, 2.75) is 50.0 Å². The van der Waals surface area contributed by atoms with Gasteiger partial charge in [0.2, 0.25) is 5.89 Å². The second-order valence-corrected chi connectivity index (χ2v) is 9.77. The molecule has 0 aliphatic carbocycles. The largest absolute Gasteiger partial charge is 0.434 e. The van der Waals surface area contributed by atoms with Gasteiger partial charge in [-0.15, -0.1) is 5.10 Å². The summed E-state index contributed by atoms with van der Waals surface area (Å²) >= 11 is 5.69. The van der Waals surface area contributed by atoms with Crippen molar-refractivity contribution in [1.29, 1.82) is 0 Å². The zero-order valence-corrected chi connectivity index (χ0v) is 19.9. The van der Waals surface area contributed by atoms with E-state index in [4.69, 9.17) is 16.0 Å². The van der Waals surface area contributed by atoms with Crippen molar-refractivity contribution in [1.82, 2.24) is 19.9 Å². The van der Waals surface area contributed by atoms with Gasteiger partial charge in [-0.25, -0.2) is 27.7 Å². The number of rotatable bonds is 7. The minimum atomic E-state index is -5.16. The summed E-state index contributed by atoms with van der Waals surface area (Å²) in [5, 5.41) is 13.6. The molecule has 0 aliphatic rings. The van der Waals surface area contributed by atoms with Gasteiger partial charge in [-0.3, -0.25) is 0 Å². The average molecular weight is 539 g/mol. The number of H-pyrrole nitrogens is 1. The van der Waals surface area contributed by atoms with Crippen LogP contribution in [0.25, 0.3) is 0 Å². The first-order chi connectivity index (χ1) is 16.1. The van der Waals surface area contributed by atoms with Gasteiger partial charge in [0.15, 0.2) is 11.1 Å². The number of pyridine rings is 1. The molecule has 0 amide bonds. The number of benzene rings is 1. The minimum Gasteiger partial charge on any atom is -0.391 e. The third-order valence-electron chi connectivity index (χ3n) is 5.38. The first kappa shape index (κ1) is 26.8. The quantitative estimate of drug-likeness (QED) is 0.391. The molecule has 3 atom stereocenters. The van der Waals surface area contributed by atoms with Crippen LogP contribution in [0.2, 0.25) is 5.02 Å². The van der Waals surface area contributed by atoms with Gasteiger partial charge in [-0.05, 0) is 48.7 Å². The van der Waals surface area contributed by atoms with Crippen LogP contribution < -0.4 is 10.5 Å². The van der Waals surface area contributed by atoms with Crippen LogP contribution in [0.15, 0.2) is 38.5 Å². The van der Waals surface area contributed by atoms with Crippen molar-refractivity contribution in [2.24, 2.45) is 0 Å². The molecule has 3 aromatic rings. The fraction of sp³-hybridized carbons (Fsp3) is 0.350. The summed E-state index contributed by atoms with van der Waals surface area (Å²) in [6.45, 7) is 4.77. The van der Waals surface area contributed by atoms with Gasteiger partial charge in [0.1, 0.15) is 11.9 Å². The molecule has 9 nitrogen and oxygen atoms in total. The van der Waals surface area contributed by atoms with Crippen molar-refractivity contribution < 1.29 is 35.5 Å². The number of sulfonamides is 1. The summed E-state index contributed by atoms with van der Waals surface area (Å²) in [7, 11) is -4.74. The van der Waals surface area contributed by atoms with Crippen LogP contribution >= 0.6 is 11.6 Å². The number of nitrogens with zero attached hydrogens (tertiary/aromatic N) is 2. The standard InChI is InChI=1S/C20H19ClF4N4O5S/c1-8-4-6-12(22)14(9(8)2)10(3)15(18-27-28-19(31)34-18)29-35(32,33)13-7-5-11(21)16(26-13)17(30)20(23,24)25/h4-7,10,15,17,29-30H,1-3H3,(H,28,31). The second-order valence-electron chi connectivity index (χ2n) is 7.70. The molecule has 0 aliphatic heterocycles. The minimum absolute atomic E-state index is 0.0978. The first-order valence-electron chi connectivity index (χ1n) is 9.88. The molecule has 15 heteroatoms. The summed E-state index contributed by atoms with van der Waals surface area (Å²) in [5.41, 5.74) is 0.169. The highest BCUT2D eigenvalue weighted by molar-refractivity contribution is 7.89. The maximum absolute atomic E-state index is 14.8. The Morgan fingerprint density at radius 3 is 2.43 bits per heavy atom. The van der Waals surface area contributed by atoms with Gasteiger partial charge >= 0.3 is 11.9 Å². The van der Waals surface area contributed by atoms with Crippen LogP contribution in [0.3, 0.4) is 0 Å². The highest BCUT2D eigenvalue weighted by atomic mass is 35.5. The van der Waals surface area contributed by atoms with E-state index in [0.717, 1.165) is 12.1 Å². The molecular weight excluding hydrogens is 520 g/mol. The number of aryl methyl sites for hydroxylation is 1. The molecule has 3 rings (SSSR count). The molecule has 0 fully saturated rings. The molecule has 2 heterocycles. The Morgan fingerprint density at radius 1 is 1.20 bits per heavy atom. The fourth-order valence-electron chi connectivity index (χ4n) is 3.43. The van der Waals surface area contributed by atoms with Crippen LogP contribution in [0.1, 0.15) is 53.3 Å². The number of nitrogens with one attached hydrogen (secondary N) is 2. The number of alkyl halides is 3. The van der Waals surface area contributed by atoms with Crippen LogP contribution in [-0.4, -0.2) is 34.9 Å². The molecule has 3 unspecified atom stereocenters. The number of aromatic amines is 1. The summed E-state index contributed by atoms with van der Waals surface area (Å²) in [5.74, 6) is -3.14. The maximum Gasteiger partial charge on any atom is 0.434 e. The van der Waals surface area contributed by atoms with Crippen molar-refractivity contribution in [2.75, 3.05) is 0 Å². The summed E-state index contributed by atoms with van der Waals surface area (Å²) in [4.78, 5) is 14.9. The van der Waals surface area contributed by atoms with E-state index in [-0.39, 0.29) is 5.56 Å². The van der Waals surface area contributed by atoms with E-state index in [1.54, 1.807) is 13.8 Å². The number of aliphatic hydroxyl groups excluding tert-OH is 1. The molecule has 0 radical (unpaired) electrons. The summed E-state index contributed by atoms with van der Waals surface area (Å²) in [6.07, 6.45) is -8.31. The number of hydrogen-bond donors (Lipinski definition) is 3. The maximum atomic E-state index is 14.8. The third-order valence-corrected chi connectivity index (χ3v) is 7.04. The average Bonchev–Trinajstić information content (AvgIpc) is 3.20. The van der Waals surface area contributed by atoms with E-state index in [2.05, 4.69) is 14.8 Å². The predicted molar refractivity (Wildman–Crippen MR) is 115 cm³/mol. The zero-order chi connectivity index (χ0) is 26.3. The van der Waals surface area contributed by atoms with Crippen LogP contribution in [0, 0.1) is 19.7 Å². The normalized spacial score (nSPS) is 15.1. The molecular formula is C20H19ClF4N4O5S. The molecule has 0 bridgehead atoms. The number of aromatic nitrogens is 3. The van der Waals surface area contributed by atoms with Gasteiger partial charge < -0.3 is 9.52 Å². The van der Waals surface area contributed by atoms with E-state index in [0.29, 0.717) is 11.1 Å². The molecule has 2 aromatic heterocycles. The Labute approximate surface area is 201 Å². The third kappa shape index (κ3) is 5.55. The van der Waals surface area contributed by atoms with Gasteiger partial charge in [0.25, 0.3) is 10.0 Å². The van der Waals surface area contributed by atoms with E-state index in [1.807, 2.05) is 5.10 Å². The number of hydrogen-bond acceptors (Lipinski definition) is 7. The van der Waals surface area contributed by atoms with E-state index < -0.39 is 67.5 Å². The molecule has 3 N–H and O–H groups in total. The lowest BCUT2D eigenvalue weighted by atomic mass is 9.88. The lowest BCUT2D eigenvalue weighted by molar-refractivity contribution is -0.208. The summed E-state index contributed by atoms with van der Waals surface area (Å²) in [6, 6.07) is 2.87. The smallest absolute Gasteiger partial charge is 0.391 e. The highest BCUT2D eigenvalue weighted by Crippen LogP contribution is 2.37. The number of aliphatic hydroxyl groups is 1. The number of halogens is 5. The topological polar surface area (TPSA) is 138 Å². The lowest BCUT2D eigenvalue weighted by Crippen LogP contribution is -2.34. The Bertz CT molecular complexity index is 1410. The second kappa shape index (κ2) is 9.68. The van der Waals surface area contributed by atoms with Crippen molar-refractivity contribution in [3.63, 3.8) is 0 Å². The Hall–Kier alpha value is -2.81. The highest BCUT2D eigenvalue weighted by Gasteiger charge is 2.42. The molecule has 35 heavy (non-hydrogen) atoms. The summed E-state index contributed by atoms with van der Waals surface area (Å²) < 4.78 is 86.9. The van der Waals surface area contributed by atoms with Gasteiger partial charge in [0.05, 0.1) is 10.7 Å². The zero-order valence-electron chi connectivity index (χ0n) is 18.3. The fourth-order valence-corrected chi connectivity index (χ4v) is 4.87. The van der Waals surface area contributed by atoms with Crippen LogP contribution in [0.5, 0.6) is 0 Å². The van der Waals surface area contributed by atoms with Gasteiger partial charge in [0, 0.05) is 5.92 Å². The van der Waals surface area contributed by atoms with Gasteiger partial charge in [-0.1, -0.05) is 24.6 Å². The van der Waals surface area contributed by atoms with Crippen molar-refractivity contribution in [3.05, 3.63) is 73.9 Å². The first-order valence-corrected chi connectivity index (χ1v) is 11.7. The van der Waals surface area contributed by atoms with E-state index in [9.17, 15) is 35.9 Å². The van der Waals surface area contributed by atoms with Crippen molar-refractivity contribution >= 4 is 21.6 Å². The monoisotopic (exact) mass is 538 g/mol. The lowest BCUT2D eigenvalue weighted by Gasteiger charge is -2.25. The van der Waals surface area contributed by atoms with Gasteiger partial charge in [-0.2, -0.15) is 17.9 Å².